The van der Waals surface area contributed by atoms with Gasteiger partial charge in [-0.05, 0) is 41.9 Å². The molecule has 4 heteroatoms. The fraction of sp³-hybridized carbons (Fsp3) is 0.600. The highest BCUT2D eigenvalue weighted by molar-refractivity contribution is 14.1. The molecule has 0 spiro atoms. The molecule has 0 saturated carbocycles. The fourth-order valence-electron chi connectivity index (χ4n) is 2.06. The van der Waals surface area contributed by atoms with Crippen molar-refractivity contribution in [2.24, 2.45) is 0 Å². The Morgan fingerprint density at radius 2 is 2.50 bits per heavy atom. The van der Waals surface area contributed by atoms with Crippen molar-refractivity contribution < 1.29 is 0 Å². The summed E-state index contributed by atoms with van der Waals surface area (Å²) in [5, 5.41) is 0. The molecule has 1 atom stereocenters. The number of nitrogens with zero attached hydrogens (tertiary/aromatic N) is 3. The first-order valence-electron chi connectivity index (χ1n) is 5.05. The van der Waals surface area contributed by atoms with Crippen LogP contribution in [0.5, 0.6) is 0 Å². The molecular formula is C10H14IN3. The van der Waals surface area contributed by atoms with Crippen molar-refractivity contribution in [2.75, 3.05) is 11.4 Å². The molecule has 76 valence electrons. The molecule has 0 radical (unpaired) electrons. The van der Waals surface area contributed by atoms with Gasteiger partial charge in [-0.1, -0.05) is 6.92 Å². The SMILES string of the molecule is CCC1CCCN1c1ncncc1I. The summed E-state index contributed by atoms with van der Waals surface area (Å²) in [6.45, 7) is 3.39. The summed E-state index contributed by atoms with van der Waals surface area (Å²) in [5.41, 5.74) is 0. The van der Waals surface area contributed by atoms with Crippen molar-refractivity contribution in [3.05, 3.63) is 16.1 Å². The van der Waals surface area contributed by atoms with Gasteiger partial charge in [0.1, 0.15) is 12.1 Å². The molecule has 1 aliphatic rings. The molecule has 0 N–H and O–H groups in total. The van der Waals surface area contributed by atoms with Crippen molar-refractivity contribution >= 4 is 28.4 Å². The van der Waals surface area contributed by atoms with E-state index in [9.17, 15) is 0 Å². The van der Waals surface area contributed by atoms with Crippen LogP contribution in [0.15, 0.2) is 12.5 Å². The van der Waals surface area contributed by atoms with E-state index in [0.29, 0.717) is 6.04 Å². The van der Waals surface area contributed by atoms with Gasteiger partial charge < -0.3 is 4.90 Å². The summed E-state index contributed by atoms with van der Waals surface area (Å²) < 4.78 is 1.16. The van der Waals surface area contributed by atoms with Crippen LogP contribution in [0.25, 0.3) is 0 Å². The molecular weight excluding hydrogens is 289 g/mol. The third kappa shape index (κ3) is 1.85. The van der Waals surface area contributed by atoms with E-state index in [1.165, 1.54) is 19.3 Å². The Morgan fingerprint density at radius 1 is 1.64 bits per heavy atom. The maximum Gasteiger partial charge on any atom is 0.145 e. The van der Waals surface area contributed by atoms with Crippen LogP contribution >= 0.6 is 22.6 Å². The van der Waals surface area contributed by atoms with Gasteiger partial charge in [0, 0.05) is 18.8 Å². The van der Waals surface area contributed by atoms with E-state index >= 15 is 0 Å². The fourth-order valence-corrected chi connectivity index (χ4v) is 2.67. The molecule has 0 aliphatic carbocycles. The number of halogens is 1. The second kappa shape index (κ2) is 4.42. The lowest BCUT2D eigenvalue weighted by Crippen LogP contribution is -2.30. The molecule has 1 aromatic rings. The van der Waals surface area contributed by atoms with Gasteiger partial charge in [-0.15, -0.1) is 0 Å². The predicted octanol–water partition coefficient (Wildman–Crippen LogP) is 2.46. The Bertz CT molecular complexity index is 316. The molecule has 1 unspecified atom stereocenters. The van der Waals surface area contributed by atoms with E-state index in [2.05, 4.69) is 44.4 Å². The average Bonchev–Trinajstić information content (AvgIpc) is 2.66. The standard InChI is InChI=1S/C10H14IN3/c1-2-8-4-3-5-14(8)10-9(11)6-12-7-13-10/h6-8H,2-5H2,1H3. The van der Waals surface area contributed by atoms with E-state index in [0.717, 1.165) is 15.9 Å². The van der Waals surface area contributed by atoms with Gasteiger partial charge >= 0.3 is 0 Å². The summed E-state index contributed by atoms with van der Waals surface area (Å²) in [6, 6.07) is 0.679. The lowest BCUT2D eigenvalue weighted by Gasteiger charge is -2.25. The average molecular weight is 303 g/mol. The second-order valence-electron chi connectivity index (χ2n) is 3.59. The minimum atomic E-state index is 0.679. The van der Waals surface area contributed by atoms with Crippen molar-refractivity contribution in [1.29, 1.82) is 0 Å². The Labute approximate surface area is 98.1 Å². The van der Waals surface area contributed by atoms with E-state index in [1.807, 2.05) is 6.20 Å². The zero-order valence-corrected chi connectivity index (χ0v) is 10.4. The summed E-state index contributed by atoms with van der Waals surface area (Å²) >= 11 is 2.31. The van der Waals surface area contributed by atoms with Crippen molar-refractivity contribution in [3.63, 3.8) is 0 Å². The predicted molar refractivity (Wildman–Crippen MR) is 65.4 cm³/mol. The van der Waals surface area contributed by atoms with E-state index in [-0.39, 0.29) is 0 Å². The highest BCUT2D eigenvalue weighted by Gasteiger charge is 2.25. The number of anilines is 1. The molecule has 0 bridgehead atoms. The highest BCUT2D eigenvalue weighted by atomic mass is 127. The molecule has 1 fully saturated rings. The topological polar surface area (TPSA) is 29.0 Å². The van der Waals surface area contributed by atoms with Gasteiger partial charge in [0.2, 0.25) is 0 Å². The van der Waals surface area contributed by atoms with Crippen LogP contribution in [0.1, 0.15) is 26.2 Å². The number of rotatable bonds is 2. The van der Waals surface area contributed by atoms with Gasteiger partial charge in [0.15, 0.2) is 0 Å². The maximum absolute atomic E-state index is 4.37. The number of hydrogen-bond acceptors (Lipinski definition) is 3. The Morgan fingerprint density at radius 3 is 3.21 bits per heavy atom. The molecule has 1 aromatic heterocycles. The largest absolute Gasteiger partial charge is 0.353 e. The summed E-state index contributed by atoms with van der Waals surface area (Å²) in [4.78, 5) is 10.8. The lowest BCUT2D eigenvalue weighted by atomic mass is 10.2. The molecule has 2 rings (SSSR count). The zero-order chi connectivity index (χ0) is 9.97. The molecule has 1 aliphatic heterocycles. The molecule has 3 nitrogen and oxygen atoms in total. The first-order chi connectivity index (χ1) is 6.83. The third-order valence-corrected chi connectivity index (χ3v) is 3.53. The first-order valence-corrected chi connectivity index (χ1v) is 6.13. The minimum Gasteiger partial charge on any atom is -0.353 e. The van der Waals surface area contributed by atoms with Gasteiger partial charge in [-0.3, -0.25) is 0 Å². The quantitative estimate of drug-likeness (QED) is 0.786. The second-order valence-corrected chi connectivity index (χ2v) is 4.75. The Kier molecular flexibility index (Phi) is 3.20. The molecule has 14 heavy (non-hydrogen) atoms. The molecule has 0 amide bonds. The van der Waals surface area contributed by atoms with Gasteiger partial charge in [-0.25, -0.2) is 9.97 Å². The monoisotopic (exact) mass is 303 g/mol. The van der Waals surface area contributed by atoms with Gasteiger partial charge in [-0.2, -0.15) is 0 Å². The Hall–Kier alpha value is -0.390. The van der Waals surface area contributed by atoms with E-state index in [4.69, 9.17) is 0 Å². The lowest BCUT2D eigenvalue weighted by molar-refractivity contribution is 0.639. The van der Waals surface area contributed by atoms with Crippen LogP contribution in [-0.4, -0.2) is 22.6 Å². The van der Waals surface area contributed by atoms with E-state index in [1.54, 1.807) is 6.33 Å². The van der Waals surface area contributed by atoms with Crippen molar-refractivity contribution in [3.8, 4) is 0 Å². The van der Waals surface area contributed by atoms with Crippen molar-refractivity contribution in [1.82, 2.24) is 9.97 Å². The van der Waals surface area contributed by atoms with Crippen LogP contribution in [0.4, 0.5) is 5.82 Å². The molecule has 1 saturated heterocycles. The third-order valence-electron chi connectivity index (χ3n) is 2.77. The highest BCUT2D eigenvalue weighted by Crippen LogP contribution is 2.28. The van der Waals surface area contributed by atoms with E-state index < -0.39 is 0 Å². The smallest absolute Gasteiger partial charge is 0.145 e. The minimum absolute atomic E-state index is 0.679. The summed E-state index contributed by atoms with van der Waals surface area (Å²) in [6.07, 6.45) is 7.33. The molecule has 2 heterocycles. The number of aromatic nitrogens is 2. The number of hydrogen-bond donors (Lipinski definition) is 0. The maximum atomic E-state index is 4.37. The first kappa shape index (κ1) is 10.1. The van der Waals surface area contributed by atoms with Crippen LogP contribution < -0.4 is 4.90 Å². The molecule has 0 aromatic carbocycles. The van der Waals surface area contributed by atoms with Gasteiger partial charge in [0.05, 0.1) is 3.57 Å². The van der Waals surface area contributed by atoms with Gasteiger partial charge in [0.25, 0.3) is 0 Å². The normalized spacial score (nSPS) is 21.6. The summed E-state index contributed by atoms with van der Waals surface area (Å²) in [5.74, 6) is 1.12. The zero-order valence-electron chi connectivity index (χ0n) is 8.28. The van der Waals surface area contributed by atoms with Crippen LogP contribution in [-0.2, 0) is 0 Å². The van der Waals surface area contributed by atoms with Crippen LogP contribution in [0.2, 0.25) is 0 Å². The van der Waals surface area contributed by atoms with Crippen molar-refractivity contribution in [2.45, 2.75) is 32.2 Å². The van der Waals surface area contributed by atoms with Crippen LogP contribution in [0.3, 0.4) is 0 Å². The van der Waals surface area contributed by atoms with Crippen LogP contribution in [0, 0.1) is 3.57 Å². The summed E-state index contributed by atoms with van der Waals surface area (Å²) in [7, 11) is 0. The Balaban J connectivity index is 2.26.